The number of carbonyl (C=O) groups is 2. The van der Waals surface area contributed by atoms with E-state index in [9.17, 15) is 9.59 Å². The fourth-order valence-electron chi connectivity index (χ4n) is 3.08. The lowest BCUT2D eigenvalue weighted by molar-refractivity contribution is -0.130. The summed E-state index contributed by atoms with van der Waals surface area (Å²) in [7, 11) is 3.59. The van der Waals surface area contributed by atoms with E-state index in [-0.39, 0.29) is 5.91 Å². The Morgan fingerprint density at radius 1 is 1.29 bits per heavy atom. The molecule has 2 fully saturated rings. The minimum Gasteiger partial charge on any atom is -0.349 e. The number of nitrogens with zero attached hydrogens (tertiary/aromatic N) is 2. The summed E-state index contributed by atoms with van der Waals surface area (Å²) >= 11 is 0. The first kappa shape index (κ1) is 12.6. The second kappa shape index (κ2) is 5.17. The molecule has 2 rings (SSSR count). The van der Waals surface area contributed by atoms with Crippen molar-refractivity contribution < 1.29 is 9.59 Å². The average molecular weight is 238 g/mol. The Morgan fingerprint density at radius 3 is 2.41 bits per heavy atom. The number of fused-ring (bicyclic) bond motifs is 2. The first-order valence-corrected chi connectivity index (χ1v) is 6.55. The molecule has 0 saturated carbocycles. The molecule has 0 aromatic heterocycles. The van der Waals surface area contributed by atoms with Crippen LogP contribution in [0.2, 0.25) is 0 Å². The zero-order valence-corrected chi connectivity index (χ0v) is 10.8. The summed E-state index contributed by atoms with van der Waals surface area (Å²) in [4.78, 5) is 27.2. The van der Waals surface area contributed by atoms with Crippen molar-refractivity contribution in [3.63, 3.8) is 0 Å². The van der Waals surface area contributed by atoms with E-state index in [0.717, 1.165) is 19.4 Å². The molecule has 96 valence electrons. The van der Waals surface area contributed by atoms with E-state index in [1.165, 1.54) is 6.42 Å². The van der Waals surface area contributed by atoms with Crippen LogP contribution in [0.3, 0.4) is 0 Å². The highest BCUT2D eigenvalue weighted by molar-refractivity contribution is 5.80. The molecule has 2 atom stereocenters. The summed E-state index contributed by atoms with van der Waals surface area (Å²) in [5, 5.41) is 0. The molecule has 0 aromatic rings. The topological polar surface area (TPSA) is 40.6 Å². The van der Waals surface area contributed by atoms with Gasteiger partial charge in [0.25, 0.3) is 0 Å². The van der Waals surface area contributed by atoms with Gasteiger partial charge in [0.1, 0.15) is 5.78 Å². The average Bonchev–Trinajstić information content (AvgIpc) is 2.25. The Kier molecular flexibility index (Phi) is 3.82. The van der Waals surface area contributed by atoms with E-state index in [2.05, 4.69) is 4.90 Å². The molecule has 0 N–H and O–H groups in total. The summed E-state index contributed by atoms with van der Waals surface area (Å²) in [6, 6.07) is 0.815. The van der Waals surface area contributed by atoms with E-state index in [4.69, 9.17) is 0 Å². The van der Waals surface area contributed by atoms with E-state index < -0.39 is 0 Å². The van der Waals surface area contributed by atoms with Crippen molar-refractivity contribution in [1.29, 1.82) is 0 Å². The van der Waals surface area contributed by atoms with Crippen LogP contribution < -0.4 is 0 Å². The second-order valence-electron chi connectivity index (χ2n) is 5.46. The zero-order valence-electron chi connectivity index (χ0n) is 10.8. The van der Waals surface area contributed by atoms with Gasteiger partial charge in [0, 0.05) is 52.0 Å². The monoisotopic (exact) mass is 238 g/mol. The molecule has 0 radical (unpaired) electrons. The van der Waals surface area contributed by atoms with Crippen molar-refractivity contribution in [1.82, 2.24) is 9.80 Å². The predicted molar refractivity (Wildman–Crippen MR) is 65.7 cm³/mol. The Labute approximate surface area is 103 Å². The first-order valence-electron chi connectivity index (χ1n) is 6.55. The number of rotatable bonds is 3. The van der Waals surface area contributed by atoms with Crippen LogP contribution in [-0.2, 0) is 9.59 Å². The number of amides is 1. The molecular formula is C13H22N2O2. The molecule has 4 heteroatoms. The lowest BCUT2D eigenvalue weighted by Gasteiger charge is -2.45. The molecule has 0 aliphatic carbocycles. The normalized spacial score (nSPS) is 29.2. The van der Waals surface area contributed by atoms with Crippen molar-refractivity contribution in [2.75, 3.05) is 20.6 Å². The summed E-state index contributed by atoms with van der Waals surface area (Å²) in [5.74, 6) is 0.592. The van der Waals surface area contributed by atoms with Crippen LogP contribution in [0.4, 0.5) is 0 Å². The molecule has 2 unspecified atom stereocenters. The lowest BCUT2D eigenvalue weighted by Crippen LogP contribution is -2.53. The van der Waals surface area contributed by atoms with Gasteiger partial charge in [-0.25, -0.2) is 0 Å². The van der Waals surface area contributed by atoms with Crippen LogP contribution in [0.25, 0.3) is 0 Å². The maximum Gasteiger partial charge on any atom is 0.223 e. The van der Waals surface area contributed by atoms with Crippen molar-refractivity contribution >= 4 is 11.7 Å². The Morgan fingerprint density at radius 2 is 1.88 bits per heavy atom. The van der Waals surface area contributed by atoms with Crippen LogP contribution in [-0.4, -0.2) is 54.2 Å². The minimum atomic E-state index is 0.181. The van der Waals surface area contributed by atoms with Crippen molar-refractivity contribution in [2.45, 2.75) is 50.6 Å². The molecule has 1 amide bonds. The highest BCUT2D eigenvalue weighted by atomic mass is 16.2. The highest BCUT2D eigenvalue weighted by Crippen LogP contribution is 2.32. The van der Waals surface area contributed by atoms with Gasteiger partial charge >= 0.3 is 0 Å². The minimum absolute atomic E-state index is 0.181. The largest absolute Gasteiger partial charge is 0.349 e. The molecule has 0 aromatic carbocycles. The van der Waals surface area contributed by atoms with Crippen LogP contribution in [0.5, 0.6) is 0 Å². The van der Waals surface area contributed by atoms with Crippen LogP contribution in [0.15, 0.2) is 0 Å². The summed E-state index contributed by atoms with van der Waals surface area (Å²) < 4.78 is 0. The Balaban J connectivity index is 1.91. The fourth-order valence-corrected chi connectivity index (χ4v) is 3.08. The Bertz CT molecular complexity index is 299. The van der Waals surface area contributed by atoms with Crippen LogP contribution >= 0.6 is 0 Å². The lowest BCUT2D eigenvalue weighted by atomic mass is 9.83. The zero-order chi connectivity index (χ0) is 12.4. The van der Waals surface area contributed by atoms with E-state index in [0.29, 0.717) is 37.1 Å². The van der Waals surface area contributed by atoms with Crippen LogP contribution in [0, 0.1) is 0 Å². The summed E-state index contributed by atoms with van der Waals surface area (Å²) in [6.07, 6.45) is 5.46. The SMILES string of the molecule is CN(C)C(=O)CCN1C2CCCC1CC(=O)C2. The van der Waals surface area contributed by atoms with Gasteiger partial charge in [-0.05, 0) is 12.8 Å². The van der Waals surface area contributed by atoms with E-state index >= 15 is 0 Å². The Hall–Kier alpha value is -0.900. The summed E-state index contributed by atoms with van der Waals surface area (Å²) in [6.45, 7) is 0.819. The third kappa shape index (κ3) is 2.86. The number of piperidine rings is 2. The van der Waals surface area contributed by atoms with Gasteiger partial charge in [-0.1, -0.05) is 6.42 Å². The molecule has 2 saturated heterocycles. The van der Waals surface area contributed by atoms with Gasteiger partial charge in [0.05, 0.1) is 0 Å². The van der Waals surface area contributed by atoms with E-state index in [1.54, 1.807) is 19.0 Å². The van der Waals surface area contributed by atoms with Crippen molar-refractivity contribution in [3.8, 4) is 0 Å². The molecule has 17 heavy (non-hydrogen) atoms. The third-order valence-corrected chi connectivity index (χ3v) is 4.02. The number of hydrogen-bond donors (Lipinski definition) is 0. The molecule has 2 heterocycles. The third-order valence-electron chi connectivity index (χ3n) is 4.02. The highest BCUT2D eigenvalue weighted by Gasteiger charge is 2.37. The molecule has 2 bridgehead atoms. The maximum absolute atomic E-state index is 11.6. The smallest absolute Gasteiger partial charge is 0.223 e. The maximum atomic E-state index is 11.6. The van der Waals surface area contributed by atoms with E-state index in [1.807, 2.05) is 0 Å². The van der Waals surface area contributed by atoms with Gasteiger partial charge < -0.3 is 4.90 Å². The number of carbonyl (C=O) groups excluding carboxylic acids is 2. The van der Waals surface area contributed by atoms with Crippen molar-refractivity contribution in [3.05, 3.63) is 0 Å². The van der Waals surface area contributed by atoms with Crippen molar-refractivity contribution in [2.24, 2.45) is 0 Å². The molecular weight excluding hydrogens is 216 g/mol. The number of hydrogen-bond acceptors (Lipinski definition) is 3. The molecule has 2 aliphatic rings. The van der Waals surface area contributed by atoms with Gasteiger partial charge in [0.2, 0.25) is 5.91 Å². The van der Waals surface area contributed by atoms with Gasteiger partial charge in [-0.2, -0.15) is 0 Å². The number of Topliss-reactive ketones (excluding diaryl/α,β-unsaturated/α-hetero) is 1. The predicted octanol–water partition coefficient (Wildman–Crippen LogP) is 1.05. The van der Waals surface area contributed by atoms with Gasteiger partial charge in [0.15, 0.2) is 0 Å². The first-order chi connectivity index (χ1) is 8.08. The quantitative estimate of drug-likeness (QED) is 0.738. The summed E-state index contributed by atoms with van der Waals surface area (Å²) in [5.41, 5.74) is 0. The molecule has 2 aliphatic heterocycles. The standard InChI is InChI=1S/C13H22N2O2/c1-14(2)13(17)6-7-15-10-4-3-5-11(15)9-12(16)8-10/h10-11H,3-9H2,1-2H3. The van der Waals surface area contributed by atoms with Gasteiger partial charge in [-0.15, -0.1) is 0 Å². The molecule has 4 nitrogen and oxygen atoms in total. The fraction of sp³-hybridized carbons (Fsp3) is 0.846. The van der Waals surface area contributed by atoms with Gasteiger partial charge in [-0.3, -0.25) is 14.5 Å². The van der Waals surface area contributed by atoms with Crippen LogP contribution in [0.1, 0.15) is 38.5 Å². The second-order valence-corrected chi connectivity index (χ2v) is 5.46. The number of ketones is 1. The molecule has 0 spiro atoms.